The molecule has 1 heteroatoms. The highest BCUT2D eigenvalue weighted by Crippen LogP contribution is 2.43. The Hall–Kier alpha value is -0.330. The van der Waals surface area contributed by atoms with Gasteiger partial charge in [-0.2, -0.15) is 0 Å². The standard InChI is InChI=1S/C11H19N/c1-2-10-8-11(9-12-10)6-4-3-5-7-11/h2-9H2,1H3. The average Bonchev–Trinajstić information content (AvgIpc) is 2.50. The van der Waals surface area contributed by atoms with Crippen LogP contribution in [0.1, 0.15) is 51.9 Å². The molecule has 1 aliphatic heterocycles. The van der Waals surface area contributed by atoms with E-state index in [0.29, 0.717) is 5.41 Å². The highest BCUT2D eigenvalue weighted by Gasteiger charge is 2.35. The SMILES string of the molecule is CCC1=NCC2(CCCCC2)C1. The molecule has 0 aromatic heterocycles. The third kappa shape index (κ3) is 1.41. The zero-order valence-electron chi connectivity index (χ0n) is 8.10. The second kappa shape index (κ2) is 3.20. The number of hydrogen-bond donors (Lipinski definition) is 0. The molecule has 0 amide bonds. The molecule has 1 heterocycles. The molecular weight excluding hydrogens is 146 g/mol. The van der Waals surface area contributed by atoms with Crippen LogP contribution in [0.15, 0.2) is 4.99 Å². The molecule has 12 heavy (non-hydrogen) atoms. The minimum atomic E-state index is 0.642. The van der Waals surface area contributed by atoms with Crippen LogP contribution in [-0.4, -0.2) is 12.3 Å². The quantitative estimate of drug-likeness (QED) is 0.566. The van der Waals surface area contributed by atoms with E-state index < -0.39 is 0 Å². The molecular formula is C11H19N. The Morgan fingerprint density at radius 3 is 2.58 bits per heavy atom. The summed E-state index contributed by atoms with van der Waals surface area (Å²) in [5, 5.41) is 0. The molecule has 1 fully saturated rings. The van der Waals surface area contributed by atoms with Gasteiger partial charge >= 0.3 is 0 Å². The molecule has 0 radical (unpaired) electrons. The van der Waals surface area contributed by atoms with E-state index in [1.165, 1.54) is 50.7 Å². The van der Waals surface area contributed by atoms with Gasteiger partial charge in [0.25, 0.3) is 0 Å². The van der Waals surface area contributed by atoms with Crippen LogP contribution >= 0.6 is 0 Å². The first-order valence-electron chi connectivity index (χ1n) is 5.37. The van der Waals surface area contributed by atoms with Gasteiger partial charge in [-0.15, -0.1) is 0 Å². The van der Waals surface area contributed by atoms with Crippen LogP contribution in [0, 0.1) is 5.41 Å². The van der Waals surface area contributed by atoms with Gasteiger partial charge in [0.05, 0.1) is 0 Å². The average molecular weight is 165 g/mol. The number of hydrogen-bond acceptors (Lipinski definition) is 1. The molecule has 0 atom stereocenters. The molecule has 0 saturated heterocycles. The van der Waals surface area contributed by atoms with Crippen LogP contribution in [0.2, 0.25) is 0 Å². The van der Waals surface area contributed by atoms with Crippen molar-refractivity contribution in [2.75, 3.05) is 6.54 Å². The lowest BCUT2D eigenvalue weighted by Crippen LogP contribution is -2.25. The van der Waals surface area contributed by atoms with Gasteiger partial charge in [0.15, 0.2) is 0 Å². The third-order valence-electron chi connectivity index (χ3n) is 3.54. The lowest BCUT2D eigenvalue weighted by Gasteiger charge is -2.32. The molecule has 0 aromatic carbocycles. The van der Waals surface area contributed by atoms with Gasteiger partial charge in [-0.1, -0.05) is 26.2 Å². The largest absolute Gasteiger partial charge is 0.294 e. The topological polar surface area (TPSA) is 12.4 Å². The van der Waals surface area contributed by atoms with Crippen LogP contribution in [0.5, 0.6) is 0 Å². The minimum Gasteiger partial charge on any atom is -0.294 e. The second-order valence-electron chi connectivity index (χ2n) is 4.47. The molecule has 68 valence electrons. The first-order valence-corrected chi connectivity index (χ1v) is 5.37. The fourth-order valence-corrected chi connectivity index (χ4v) is 2.70. The second-order valence-corrected chi connectivity index (χ2v) is 4.47. The van der Waals surface area contributed by atoms with E-state index in [1.54, 1.807) is 0 Å². The molecule has 2 aliphatic rings. The highest BCUT2D eigenvalue weighted by atomic mass is 14.8. The van der Waals surface area contributed by atoms with Gasteiger partial charge in [-0.25, -0.2) is 0 Å². The summed E-state index contributed by atoms with van der Waals surface area (Å²) in [6.07, 6.45) is 9.76. The zero-order chi connectivity index (χ0) is 8.44. The first kappa shape index (κ1) is 8.28. The maximum Gasteiger partial charge on any atom is 0.0448 e. The van der Waals surface area contributed by atoms with E-state index in [0.717, 1.165) is 6.54 Å². The molecule has 2 rings (SSSR count). The van der Waals surface area contributed by atoms with Crippen molar-refractivity contribution in [3.8, 4) is 0 Å². The molecule has 0 bridgehead atoms. The maximum absolute atomic E-state index is 4.65. The van der Waals surface area contributed by atoms with E-state index in [-0.39, 0.29) is 0 Å². The summed E-state index contributed by atoms with van der Waals surface area (Å²) in [6.45, 7) is 3.39. The van der Waals surface area contributed by atoms with E-state index in [9.17, 15) is 0 Å². The normalized spacial score (nSPS) is 27.6. The first-order chi connectivity index (χ1) is 5.85. The van der Waals surface area contributed by atoms with Gasteiger partial charge in [0.1, 0.15) is 0 Å². The van der Waals surface area contributed by atoms with Crippen molar-refractivity contribution < 1.29 is 0 Å². The van der Waals surface area contributed by atoms with Gasteiger partial charge in [0, 0.05) is 12.3 Å². The van der Waals surface area contributed by atoms with E-state index in [4.69, 9.17) is 0 Å². The predicted molar refractivity (Wildman–Crippen MR) is 52.7 cm³/mol. The molecule has 0 N–H and O–H groups in total. The summed E-state index contributed by atoms with van der Waals surface area (Å²) in [5.41, 5.74) is 2.13. The van der Waals surface area contributed by atoms with Crippen LogP contribution in [0.4, 0.5) is 0 Å². The van der Waals surface area contributed by atoms with Crippen molar-refractivity contribution in [1.29, 1.82) is 0 Å². The molecule has 1 aliphatic carbocycles. The van der Waals surface area contributed by atoms with Gasteiger partial charge in [0.2, 0.25) is 0 Å². The lowest BCUT2D eigenvalue weighted by molar-refractivity contribution is 0.221. The maximum atomic E-state index is 4.65. The van der Waals surface area contributed by atoms with E-state index in [1.807, 2.05) is 0 Å². The van der Waals surface area contributed by atoms with Crippen LogP contribution in [0.3, 0.4) is 0 Å². The Kier molecular flexibility index (Phi) is 2.20. The highest BCUT2D eigenvalue weighted by molar-refractivity contribution is 5.86. The van der Waals surface area contributed by atoms with Gasteiger partial charge in [-0.05, 0) is 31.1 Å². The Bertz CT molecular complexity index is 187. The van der Waals surface area contributed by atoms with Crippen molar-refractivity contribution in [2.45, 2.75) is 51.9 Å². The summed E-state index contributed by atoms with van der Waals surface area (Å²) < 4.78 is 0. The van der Waals surface area contributed by atoms with Crippen LogP contribution in [0.25, 0.3) is 0 Å². The molecule has 1 saturated carbocycles. The van der Waals surface area contributed by atoms with Crippen LogP contribution < -0.4 is 0 Å². The third-order valence-corrected chi connectivity index (χ3v) is 3.54. The fraction of sp³-hybridized carbons (Fsp3) is 0.909. The van der Waals surface area contributed by atoms with Crippen molar-refractivity contribution in [1.82, 2.24) is 0 Å². The Morgan fingerprint density at radius 1 is 1.25 bits per heavy atom. The predicted octanol–water partition coefficient (Wildman–Crippen LogP) is 3.19. The van der Waals surface area contributed by atoms with Crippen molar-refractivity contribution in [3.63, 3.8) is 0 Å². The van der Waals surface area contributed by atoms with Crippen LogP contribution in [-0.2, 0) is 0 Å². The summed E-state index contributed by atoms with van der Waals surface area (Å²) in [4.78, 5) is 4.65. The van der Waals surface area contributed by atoms with E-state index in [2.05, 4.69) is 11.9 Å². The number of rotatable bonds is 1. The van der Waals surface area contributed by atoms with Gasteiger partial charge < -0.3 is 0 Å². The van der Waals surface area contributed by atoms with Crippen molar-refractivity contribution in [3.05, 3.63) is 0 Å². The fourth-order valence-electron chi connectivity index (χ4n) is 2.70. The van der Waals surface area contributed by atoms with Crippen molar-refractivity contribution in [2.24, 2.45) is 10.4 Å². The summed E-state index contributed by atoms with van der Waals surface area (Å²) in [5.74, 6) is 0. The molecule has 1 nitrogen and oxygen atoms in total. The Balaban J connectivity index is 1.97. The van der Waals surface area contributed by atoms with E-state index >= 15 is 0 Å². The van der Waals surface area contributed by atoms with Crippen molar-refractivity contribution >= 4 is 5.71 Å². The minimum absolute atomic E-state index is 0.642. The summed E-state index contributed by atoms with van der Waals surface area (Å²) in [6, 6.07) is 0. The zero-order valence-corrected chi connectivity index (χ0v) is 8.10. The summed E-state index contributed by atoms with van der Waals surface area (Å²) >= 11 is 0. The number of nitrogens with zero attached hydrogens (tertiary/aromatic N) is 1. The summed E-state index contributed by atoms with van der Waals surface area (Å²) in [7, 11) is 0. The monoisotopic (exact) mass is 165 g/mol. The lowest BCUT2D eigenvalue weighted by atomic mass is 9.72. The Morgan fingerprint density at radius 2 is 2.00 bits per heavy atom. The Labute approximate surface area is 75.3 Å². The molecule has 0 aromatic rings. The molecule has 0 unspecified atom stereocenters. The molecule has 1 spiro atoms. The smallest absolute Gasteiger partial charge is 0.0448 e. The van der Waals surface area contributed by atoms with Gasteiger partial charge in [-0.3, -0.25) is 4.99 Å². The number of aliphatic imine (C=N–C) groups is 1.